The van der Waals surface area contributed by atoms with Gasteiger partial charge in [-0.3, -0.25) is 0 Å². The van der Waals surface area contributed by atoms with Gasteiger partial charge in [0.05, 0.1) is 18.2 Å². The molecule has 152 valence electrons. The molecule has 0 fully saturated rings. The zero-order valence-electron chi connectivity index (χ0n) is 16.8. The molecule has 0 amide bonds. The van der Waals surface area contributed by atoms with Crippen molar-refractivity contribution in [3.63, 3.8) is 0 Å². The van der Waals surface area contributed by atoms with Crippen molar-refractivity contribution in [3.8, 4) is 17.6 Å². The van der Waals surface area contributed by atoms with Gasteiger partial charge in [-0.05, 0) is 60.9 Å². The summed E-state index contributed by atoms with van der Waals surface area (Å²) in [7, 11) is 0. The molecule has 0 radical (unpaired) electrons. The van der Waals surface area contributed by atoms with Gasteiger partial charge in [-0.1, -0.05) is 57.9 Å². The number of ether oxygens (including phenoxy) is 2. The molecule has 30 heavy (non-hydrogen) atoms. The summed E-state index contributed by atoms with van der Waals surface area (Å²) in [5, 5.41) is 9.64. The van der Waals surface area contributed by atoms with Crippen molar-refractivity contribution in [3.05, 3.63) is 93.2 Å². The quantitative estimate of drug-likeness (QED) is 0.280. The number of rotatable bonds is 7. The van der Waals surface area contributed by atoms with Gasteiger partial charge in [-0.2, -0.15) is 5.26 Å². The Balaban J connectivity index is 1.91. The third kappa shape index (κ3) is 5.49. The van der Waals surface area contributed by atoms with Crippen molar-refractivity contribution in [1.29, 1.82) is 5.26 Å². The molecule has 0 N–H and O–H groups in total. The van der Waals surface area contributed by atoms with Gasteiger partial charge in [0.2, 0.25) is 0 Å². The Morgan fingerprint density at radius 3 is 2.47 bits per heavy atom. The van der Waals surface area contributed by atoms with Crippen molar-refractivity contribution in [1.82, 2.24) is 0 Å². The maximum absolute atomic E-state index is 13.4. The van der Waals surface area contributed by atoms with Gasteiger partial charge in [0.15, 0.2) is 11.5 Å². The van der Waals surface area contributed by atoms with Crippen LogP contribution in [0.15, 0.2) is 65.1 Å². The van der Waals surface area contributed by atoms with Gasteiger partial charge in [0, 0.05) is 4.47 Å². The third-order valence-electron chi connectivity index (χ3n) is 4.43. The molecule has 0 unspecified atom stereocenters. The number of benzene rings is 3. The summed E-state index contributed by atoms with van der Waals surface area (Å²) < 4.78 is 25.8. The summed E-state index contributed by atoms with van der Waals surface area (Å²) >= 11 is 3.56. The Morgan fingerprint density at radius 2 is 1.80 bits per heavy atom. The van der Waals surface area contributed by atoms with Gasteiger partial charge < -0.3 is 9.47 Å². The molecule has 3 nitrogen and oxygen atoms in total. The van der Waals surface area contributed by atoms with Crippen LogP contribution in [0.5, 0.6) is 11.5 Å². The first-order chi connectivity index (χ1) is 14.5. The van der Waals surface area contributed by atoms with E-state index in [1.165, 1.54) is 12.1 Å². The molecule has 5 heteroatoms. The van der Waals surface area contributed by atoms with Crippen LogP contribution in [0.2, 0.25) is 0 Å². The Bertz CT molecular complexity index is 1100. The van der Waals surface area contributed by atoms with Crippen molar-refractivity contribution in [2.75, 3.05) is 6.61 Å². The normalized spacial score (nSPS) is 11.1. The highest BCUT2D eigenvalue weighted by molar-refractivity contribution is 9.10. The van der Waals surface area contributed by atoms with Crippen molar-refractivity contribution < 1.29 is 13.9 Å². The van der Waals surface area contributed by atoms with Crippen LogP contribution < -0.4 is 9.47 Å². The summed E-state index contributed by atoms with van der Waals surface area (Å²) in [6.07, 6.45) is 1.81. The smallest absolute Gasteiger partial charge is 0.162 e. The fourth-order valence-corrected chi connectivity index (χ4v) is 3.34. The molecule has 0 aliphatic heterocycles. The monoisotopic (exact) mass is 465 g/mol. The van der Waals surface area contributed by atoms with E-state index >= 15 is 0 Å². The zero-order chi connectivity index (χ0) is 21.5. The second kappa shape index (κ2) is 10.1. The number of aryl methyl sites for hydroxylation is 1. The predicted octanol–water partition coefficient (Wildman–Crippen LogP) is 6.94. The molecular weight excluding hydrogens is 445 g/mol. The van der Waals surface area contributed by atoms with Gasteiger partial charge in [0.1, 0.15) is 12.4 Å². The number of nitriles is 1. The highest BCUT2D eigenvalue weighted by Crippen LogP contribution is 2.36. The van der Waals surface area contributed by atoms with E-state index in [9.17, 15) is 9.65 Å². The second-order valence-corrected chi connectivity index (χ2v) is 7.56. The SMILES string of the molecule is CCOc1cc(/C=C(/C#N)c2ccc(C)cc2)c(Br)cc1OCc1cccc(F)c1. The Morgan fingerprint density at radius 1 is 1.07 bits per heavy atom. The number of allylic oxidation sites excluding steroid dienone is 1. The van der Waals surface area contributed by atoms with Crippen LogP contribution >= 0.6 is 15.9 Å². The predicted molar refractivity (Wildman–Crippen MR) is 121 cm³/mol. The largest absolute Gasteiger partial charge is 0.490 e. The summed E-state index contributed by atoms with van der Waals surface area (Å²) in [4.78, 5) is 0. The minimum absolute atomic E-state index is 0.215. The Kier molecular flexibility index (Phi) is 7.26. The second-order valence-electron chi connectivity index (χ2n) is 6.71. The molecule has 0 saturated carbocycles. The van der Waals surface area contributed by atoms with Crippen LogP contribution in [-0.4, -0.2) is 6.61 Å². The fraction of sp³-hybridized carbons (Fsp3) is 0.160. The van der Waals surface area contributed by atoms with Crippen molar-refractivity contribution in [2.45, 2.75) is 20.5 Å². The Labute approximate surface area is 184 Å². The summed E-state index contributed by atoms with van der Waals surface area (Å²) in [6.45, 7) is 4.57. The van der Waals surface area contributed by atoms with E-state index in [0.717, 1.165) is 26.7 Å². The Hall–Kier alpha value is -3.10. The molecular formula is C25H21BrFNO2. The summed E-state index contributed by atoms with van der Waals surface area (Å²) in [5.41, 5.74) is 4.05. The molecule has 0 bridgehead atoms. The minimum atomic E-state index is -0.303. The molecule has 3 rings (SSSR count). The van der Waals surface area contributed by atoms with E-state index in [4.69, 9.17) is 9.47 Å². The van der Waals surface area contributed by atoms with Crippen LogP contribution in [0.4, 0.5) is 4.39 Å². The molecule has 3 aromatic carbocycles. The fourth-order valence-electron chi connectivity index (χ4n) is 2.90. The zero-order valence-corrected chi connectivity index (χ0v) is 18.4. The lowest BCUT2D eigenvalue weighted by Gasteiger charge is -2.14. The average Bonchev–Trinajstić information content (AvgIpc) is 2.73. The third-order valence-corrected chi connectivity index (χ3v) is 5.12. The number of nitrogens with zero attached hydrogens (tertiary/aromatic N) is 1. The van der Waals surface area contributed by atoms with Crippen LogP contribution in [0.25, 0.3) is 11.6 Å². The van der Waals surface area contributed by atoms with Gasteiger partial charge in [-0.15, -0.1) is 0 Å². The van der Waals surface area contributed by atoms with E-state index in [2.05, 4.69) is 22.0 Å². The highest BCUT2D eigenvalue weighted by atomic mass is 79.9. The lowest BCUT2D eigenvalue weighted by molar-refractivity contribution is 0.269. The van der Waals surface area contributed by atoms with Gasteiger partial charge in [-0.25, -0.2) is 4.39 Å². The van der Waals surface area contributed by atoms with Crippen LogP contribution in [0, 0.1) is 24.1 Å². The molecule has 3 aromatic rings. The first-order valence-corrected chi connectivity index (χ1v) is 10.3. The lowest BCUT2D eigenvalue weighted by Crippen LogP contribution is -2.01. The van der Waals surface area contributed by atoms with E-state index < -0.39 is 0 Å². The average molecular weight is 466 g/mol. The molecule has 0 aliphatic carbocycles. The number of hydrogen-bond donors (Lipinski definition) is 0. The first kappa shape index (κ1) is 21.6. The van der Waals surface area contributed by atoms with Crippen LogP contribution in [0.3, 0.4) is 0 Å². The van der Waals surface area contributed by atoms with Crippen LogP contribution in [0.1, 0.15) is 29.2 Å². The molecule has 0 aromatic heterocycles. The highest BCUT2D eigenvalue weighted by Gasteiger charge is 2.12. The number of hydrogen-bond acceptors (Lipinski definition) is 3. The van der Waals surface area contributed by atoms with Crippen LogP contribution in [-0.2, 0) is 6.61 Å². The van der Waals surface area contributed by atoms with E-state index in [-0.39, 0.29) is 12.4 Å². The van der Waals surface area contributed by atoms with Gasteiger partial charge >= 0.3 is 0 Å². The topological polar surface area (TPSA) is 42.2 Å². The van der Waals surface area contributed by atoms with E-state index in [1.54, 1.807) is 18.2 Å². The van der Waals surface area contributed by atoms with E-state index in [0.29, 0.717) is 23.7 Å². The molecule has 0 spiro atoms. The summed E-state index contributed by atoms with van der Waals surface area (Å²) in [6, 6.07) is 20.0. The first-order valence-electron chi connectivity index (χ1n) is 9.52. The maximum Gasteiger partial charge on any atom is 0.162 e. The molecule has 0 atom stereocenters. The van der Waals surface area contributed by atoms with Crippen molar-refractivity contribution in [2.24, 2.45) is 0 Å². The maximum atomic E-state index is 13.4. The van der Waals surface area contributed by atoms with Gasteiger partial charge in [0.25, 0.3) is 0 Å². The molecule has 0 aliphatic rings. The van der Waals surface area contributed by atoms with Crippen molar-refractivity contribution >= 4 is 27.6 Å². The standard InChI is InChI=1S/C25H21BrFNO2/c1-3-29-24-13-20(12-21(15-28)19-9-7-17(2)8-10-19)23(26)14-25(24)30-16-18-5-4-6-22(27)11-18/h4-14H,3,16H2,1-2H3/b21-12-. The molecule has 0 heterocycles. The minimum Gasteiger partial charge on any atom is -0.490 e. The lowest BCUT2D eigenvalue weighted by atomic mass is 10.0. The number of halogens is 2. The molecule has 0 saturated heterocycles. The summed E-state index contributed by atoms with van der Waals surface area (Å²) in [5.74, 6) is 0.798. The van der Waals surface area contributed by atoms with E-state index in [1.807, 2.05) is 50.3 Å².